The summed E-state index contributed by atoms with van der Waals surface area (Å²) in [6.07, 6.45) is 3.26. The molecule has 2 N–H and O–H groups in total. The quantitative estimate of drug-likeness (QED) is 0.535. The number of rotatable bonds is 5. The molecule has 1 amide bonds. The van der Waals surface area contributed by atoms with Crippen molar-refractivity contribution >= 4 is 23.1 Å². The van der Waals surface area contributed by atoms with E-state index in [1.54, 1.807) is 7.05 Å². The van der Waals surface area contributed by atoms with E-state index in [1.807, 2.05) is 0 Å². The van der Waals surface area contributed by atoms with Gasteiger partial charge in [-0.3, -0.25) is 19.0 Å². The van der Waals surface area contributed by atoms with Gasteiger partial charge in [0.15, 0.2) is 0 Å². The number of nitrogens with zero attached hydrogens (tertiary/aromatic N) is 3. The fourth-order valence-electron chi connectivity index (χ4n) is 1.38. The molecule has 0 aliphatic rings. The summed E-state index contributed by atoms with van der Waals surface area (Å²) >= 11 is 4.72. The highest BCUT2D eigenvalue weighted by Crippen LogP contribution is 1.92. The van der Waals surface area contributed by atoms with Gasteiger partial charge in [-0.25, -0.2) is 0 Å². The fraction of sp³-hybridized carbons (Fsp3) is 0.455. The van der Waals surface area contributed by atoms with Crippen LogP contribution in [0.3, 0.4) is 0 Å². The first kappa shape index (κ1) is 15.1. The van der Waals surface area contributed by atoms with E-state index >= 15 is 0 Å². The molecule has 7 nitrogen and oxygen atoms in total. The van der Waals surface area contributed by atoms with Crippen LogP contribution in [0.5, 0.6) is 0 Å². The van der Waals surface area contributed by atoms with Gasteiger partial charge in [-0.2, -0.15) is 0 Å². The van der Waals surface area contributed by atoms with E-state index in [-0.39, 0.29) is 12.5 Å². The molecule has 0 spiro atoms. The summed E-state index contributed by atoms with van der Waals surface area (Å²) in [5.74, 6) is -0.286. The third-order valence-corrected chi connectivity index (χ3v) is 2.86. The first-order chi connectivity index (χ1) is 8.82. The molecule has 0 aliphatic carbocycles. The van der Waals surface area contributed by atoms with Crippen molar-refractivity contribution in [1.29, 1.82) is 0 Å². The molecule has 0 fully saturated rings. The predicted molar refractivity (Wildman–Crippen MR) is 75.0 cm³/mol. The minimum Gasteiger partial charge on any atom is -0.393 e. The first-order valence-corrected chi connectivity index (χ1v) is 6.02. The standard InChI is InChI=1S/C11H16N4O3S/c1-13(4-3-8(12)19)9(16)7-15-6-5-14(2)10(17)11(15)18/h5-6H,3-4,7H2,1-2H3,(H2,12,19). The van der Waals surface area contributed by atoms with Gasteiger partial charge < -0.3 is 15.2 Å². The zero-order valence-electron chi connectivity index (χ0n) is 10.8. The molecule has 1 rings (SSSR count). The summed E-state index contributed by atoms with van der Waals surface area (Å²) in [7, 11) is 3.07. The fourth-order valence-corrected chi connectivity index (χ4v) is 1.47. The maximum Gasteiger partial charge on any atom is 0.316 e. The van der Waals surface area contributed by atoms with E-state index in [2.05, 4.69) is 0 Å². The molecule has 0 atom stereocenters. The Hall–Kier alpha value is -1.96. The van der Waals surface area contributed by atoms with Crippen LogP contribution in [-0.4, -0.2) is 38.5 Å². The Morgan fingerprint density at radius 3 is 2.58 bits per heavy atom. The van der Waals surface area contributed by atoms with Crippen LogP contribution in [0.2, 0.25) is 0 Å². The van der Waals surface area contributed by atoms with Gasteiger partial charge in [0, 0.05) is 39.5 Å². The Morgan fingerprint density at radius 1 is 1.37 bits per heavy atom. The van der Waals surface area contributed by atoms with Gasteiger partial charge in [-0.1, -0.05) is 12.2 Å². The zero-order valence-corrected chi connectivity index (χ0v) is 11.6. The van der Waals surface area contributed by atoms with E-state index in [1.165, 1.54) is 28.9 Å². The maximum atomic E-state index is 11.8. The van der Waals surface area contributed by atoms with Crippen LogP contribution in [-0.2, 0) is 18.4 Å². The van der Waals surface area contributed by atoms with Crippen LogP contribution in [0.15, 0.2) is 22.0 Å². The monoisotopic (exact) mass is 284 g/mol. The average Bonchev–Trinajstić information content (AvgIpc) is 2.36. The summed E-state index contributed by atoms with van der Waals surface area (Å²) in [6.45, 7) is 0.205. The van der Waals surface area contributed by atoms with Crippen LogP contribution in [0.1, 0.15) is 6.42 Å². The minimum absolute atomic E-state index is 0.178. The van der Waals surface area contributed by atoms with Crippen molar-refractivity contribution in [3.05, 3.63) is 33.1 Å². The lowest BCUT2D eigenvalue weighted by Gasteiger charge is -2.17. The van der Waals surface area contributed by atoms with Gasteiger partial charge in [0.1, 0.15) is 6.54 Å². The molecule has 8 heteroatoms. The topological polar surface area (TPSA) is 90.3 Å². The van der Waals surface area contributed by atoms with Gasteiger partial charge in [0.25, 0.3) is 0 Å². The molecule has 0 unspecified atom stereocenters. The first-order valence-electron chi connectivity index (χ1n) is 5.61. The molecule has 1 heterocycles. The van der Waals surface area contributed by atoms with Gasteiger partial charge >= 0.3 is 11.1 Å². The summed E-state index contributed by atoms with van der Waals surface area (Å²) in [5.41, 5.74) is 3.96. The molecular weight excluding hydrogens is 268 g/mol. The van der Waals surface area contributed by atoms with Crippen molar-refractivity contribution in [3.8, 4) is 0 Å². The summed E-state index contributed by atoms with van der Waals surface area (Å²) < 4.78 is 2.25. The number of likely N-dealkylation sites (N-methyl/N-ethyl adjacent to an activating group) is 1. The van der Waals surface area contributed by atoms with E-state index in [0.29, 0.717) is 18.0 Å². The van der Waals surface area contributed by atoms with E-state index < -0.39 is 11.1 Å². The highest BCUT2D eigenvalue weighted by Gasteiger charge is 2.11. The number of amides is 1. The summed E-state index contributed by atoms with van der Waals surface area (Å²) in [5, 5.41) is 0. The summed E-state index contributed by atoms with van der Waals surface area (Å²) in [4.78, 5) is 36.6. The van der Waals surface area contributed by atoms with Crippen LogP contribution >= 0.6 is 12.2 Å². The molecule has 0 aromatic carbocycles. The molecule has 0 aliphatic heterocycles. The number of aromatic nitrogens is 2. The smallest absolute Gasteiger partial charge is 0.316 e. The lowest BCUT2D eigenvalue weighted by Crippen LogP contribution is -2.42. The molecule has 1 aromatic rings. The number of carbonyl (C=O) groups is 1. The Morgan fingerprint density at radius 2 is 2.00 bits per heavy atom. The predicted octanol–water partition coefficient (Wildman–Crippen LogP) is -1.32. The highest BCUT2D eigenvalue weighted by atomic mass is 32.1. The molecular formula is C11H16N4O3S. The lowest BCUT2D eigenvalue weighted by atomic mass is 10.4. The number of carbonyl (C=O) groups excluding carboxylic acids is 1. The largest absolute Gasteiger partial charge is 0.393 e. The molecule has 0 radical (unpaired) electrons. The normalized spacial score (nSPS) is 10.2. The van der Waals surface area contributed by atoms with Gasteiger partial charge in [-0.15, -0.1) is 0 Å². The van der Waals surface area contributed by atoms with Crippen LogP contribution in [0.25, 0.3) is 0 Å². The highest BCUT2D eigenvalue weighted by molar-refractivity contribution is 7.80. The van der Waals surface area contributed by atoms with Crippen molar-refractivity contribution in [2.24, 2.45) is 12.8 Å². The Bertz CT molecular complexity index is 605. The van der Waals surface area contributed by atoms with Crippen LogP contribution < -0.4 is 16.9 Å². The van der Waals surface area contributed by atoms with Crippen molar-refractivity contribution in [2.45, 2.75) is 13.0 Å². The number of nitrogens with two attached hydrogens (primary N) is 1. The molecule has 1 aromatic heterocycles. The second-order valence-corrected chi connectivity index (χ2v) is 4.70. The maximum absolute atomic E-state index is 11.8. The Kier molecular flexibility index (Phi) is 4.99. The molecule has 0 saturated carbocycles. The van der Waals surface area contributed by atoms with Gasteiger partial charge in [0.2, 0.25) is 5.91 Å². The number of hydrogen-bond donors (Lipinski definition) is 1. The van der Waals surface area contributed by atoms with Crippen LogP contribution in [0.4, 0.5) is 0 Å². The SMILES string of the molecule is CN(CCC(N)=S)C(=O)Cn1ccn(C)c(=O)c1=O. The summed E-state index contributed by atoms with van der Waals surface area (Å²) in [6, 6.07) is 0. The second-order valence-electron chi connectivity index (χ2n) is 4.18. The lowest BCUT2D eigenvalue weighted by molar-refractivity contribution is -0.130. The second kappa shape index (κ2) is 6.28. The van der Waals surface area contributed by atoms with Gasteiger partial charge in [-0.05, 0) is 0 Å². The van der Waals surface area contributed by atoms with Crippen molar-refractivity contribution in [3.63, 3.8) is 0 Å². The molecule has 0 bridgehead atoms. The Balaban J connectivity index is 2.78. The Labute approximate surface area is 115 Å². The third-order valence-electron chi connectivity index (χ3n) is 2.66. The molecule has 19 heavy (non-hydrogen) atoms. The van der Waals surface area contributed by atoms with E-state index in [4.69, 9.17) is 18.0 Å². The average molecular weight is 284 g/mol. The molecule has 0 saturated heterocycles. The van der Waals surface area contributed by atoms with Crippen molar-refractivity contribution in [2.75, 3.05) is 13.6 Å². The van der Waals surface area contributed by atoms with Crippen LogP contribution in [0, 0.1) is 0 Å². The minimum atomic E-state index is -0.721. The van der Waals surface area contributed by atoms with E-state index in [0.717, 1.165) is 4.57 Å². The number of aryl methyl sites for hydroxylation is 1. The zero-order chi connectivity index (χ0) is 14.6. The van der Waals surface area contributed by atoms with Gasteiger partial charge in [0.05, 0.1) is 4.99 Å². The van der Waals surface area contributed by atoms with Crippen molar-refractivity contribution < 1.29 is 4.79 Å². The van der Waals surface area contributed by atoms with E-state index in [9.17, 15) is 14.4 Å². The molecule has 104 valence electrons. The number of hydrogen-bond acceptors (Lipinski definition) is 4. The number of thiocarbonyl (C=S) groups is 1. The van der Waals surface area contributed by atoms with Crippen molar-refractivity contribution in [1.82, 2.24) is 14.0 Å². The third kappa shape index (κ3) is 4.02.